The number of aryl methyl sites for hydroxylation is 2. The van der Waals surface area contributed by atoms with E-state index >= 15 is 0 Å². The van der Waals surface area contributed by atoms with Crippen LogP contribution in [0.4, 0.5) is 0 Å². The van der Waals surface area contributed by atoms with Crippen LogP contribution in [0.1, 0.15) is 24.0 Å². The second-order valence-electron chi connectivity index (χ2n) is 7.33. The van der Waals surface area contributed by atoms with Gasteiger partial charge in [-0.15, -0.1) is 4.41 Å². The van der Waals surface area contributed by atoms with Gasteiger partial charge in [0.25, 0.3) is 10.0 Å². The number of rotatable bonds is 5. The van der Waals surface area contributed by atoms with Crippen molar-refractivity contribution in [2.45, 2.75) is 43.7 Å². The third-order valence-corrected chi connectivity index (χ3v) is 10.4. The van der Waals surface area contributed by atoms with Gasteiger partial charge in [0.1, 0.15) is 0 Å². The van der Waals surface area contributed by atoms with E-state index in [1.165, 1.54) is 6.07 Å². The number of hydrogen-bond acceptors (Lipinski definition) is 7. The van der Waals surface area contributed by atoms with E-state index in [1.54, 1.807) is 19.1 Å². The quantitative estimate of drug-likeness (QED) is 0.654. The third kappa shape index (κ3) is 4.53. The first-order chi connectivity index (χ1) is 12.4. The molecule has 2 aliphatic heterocycles. The Labute approximate surface area is 160 Å². The second kappa shape index (κ2) is 7.11. The van der Waals surface area contributed by atoms with Crippen LogP contribution in [0.2, 0.25) is 0 Å². The van der Waals surface area contributed by atoms with E-state index < -0.39 is 41.8 Å². The highest BCUT2D eigenvalue weighted by Gasteiger charge is 2.41. The fourth-order valence-electron chi connectivity index (χ4n) is 3.40. The van der Waals surface area contributed by atoms with Crippen molar-refractivity contribution in [1.82, 2.24) is 9.84 Å². The Morgan fingerprint density at radius 1 is 0.963 bits per heavy atom. The number of hydrogen-bond donors (Lipinski definition) is 1. The molecule has 152 valence electrons. The molecule has 3 rings (SSSR count). The first kappa shape index (κ1) is 20.7. The lowest BCUT2D eigenvalue weighted by molar-refractivity contribution is 0.229. The van der Waals surface area contributed by atoms with Crippen LogP contribution in [-0.4, -0.2) is 64.8 Å². The highest BCUT2D eigenvalue weighted by atomic mass is 32.2. The van der Waals surface area contributed by atoms with Crippen molar-refractivity contribution >= 4 is 29.7 Å². The molecule has 0 unspecified atom stereocenters. The molecule has 1 aromatic rings. The predicted octanol–water partition coefficient (Wildman–Crippen LogP) is 0.173. The molecule has 0 spiro atoms. The lowest BCUT2D eigenvalue weighted by atomic mass is 10.1. The highest BCUT2D eigenvalue weighted by Crippen LogP contribution is 2.26. The summed E-state index contributed by atoms with van der Waals surface area (Å²) in [6.07, 6.45) is 0.472. The molecule has 0 radical (unpaired) electrons. The van der Waals surface area contributed by atoms with Gasteiger partial charge in [-0.05, 0) is 49.9 Å². The summed E-state index contributed by atoms with van der Waals surface area (Å²) in [5.74, 6) is -0.526. The number of nitrogens with one attached hydrogen (secondary N) is 1. The van der Waals surface area contributed by atoms with Gasteiger partial charge in [0.05, 0.1) is 33.9 Å². The van der Waals surface area contributed by atoms with Crippen molar-refractivity contribution in [2.75, 3.05) is 23.0 Å². The molecule has 1 aromatic carbocycles. The van der Waals surface area contributed by atoms with Crippen molar-refractivity contribution in [3.63, 3.8) is 0 Å². The Morgan fingerprint density at radius 2 is 1.59 bits per heavy atom. The molecule has 8 nitrogen and oxygen atoms in total. The molecule has 2 aliphatic rings. The maximum absolute atomic E-state index is 13.3. The summed E-state index contributed by atoms with van der Waals surface area (Å²) in [6.45, 7) is 3.67. The standard InChI is InChI=1S/C16H24N2O6S3/c1-12-3-4-16(9-13(12)2)27(23,24)18(15-6-8-26(21,22)11-15)17-14-5-7-25(19,20)10-14/h3-4,9,14-15,17H,5-8,10-11H2,1-2H3/t14-,15+/m0/s1. The van der Waals surface area contributed by atoms with Gasteiger partial charge in [0.15, 0.2) is 19.7 Å². The van der Waals surface area contributed by atoms with E-state index in [0.717, 1.165) is 15.5 Å². The molecule has 2 heterocycles. The summed E-state index contributed by atoms with van der Waals surface area (Å²) in [5.41, 5.74) is 4.57. The Bertz CT molecular complexity index is 1050. The minimum absolute atomic E-state index is 0.00877. The molecule has 2 atom stereocenters. The minimum Gasteiger partial charge on any atom is -0.237 e. The zero-order valence-corrected chi connectivity index (χ0v) is 17.7. The van der Waals surface area contributed by atoms with Crippen LogP contribution in [0.5, 0.6) is 0 Å². The van der Waals surface area contributed by atoms with Gasteiger partial charge in [0, 0.05) is 6.04 Å². The van der Waals surface area contributed by atoms with E-state index in [2.05, 4.69) is 5.43 Å². The van der Waals surface area contributed by atoms with Crippen LogP contribution < -0.4 is 5.43 Å². The summed E-state index contributed by atoms with van der Waals surface area (Å²) in [6, 6.07) is 3.42. The van der Waals surface area contributed by atoms with Crippen molar-refractivity contribution in [3.05, 3.63) is 29.3 Å². The van der Waals surface area contributed by atoms with E-state index in [4.69, 9.17) is 0 Å². The molecule has 27 heavy (non-hydrogen) atoms. The molecule has 0 bridgehead atoms. The lowest BCUT2D eigenvalue weighted by Gasteiger charge is -2.30. The molecule has 2 fully saturated rings. The summed E-state index contributed by atoms with van der Waals surface area (Å²) in [5, 5.41) is 0. The molecule has 0 aliphatic carbocycles. The van der Waals surface area contributed by atoms with Crippen LogP contribution >= 0.6 is 0 Å². The Morgan fingerprint density at radius 3 is 2.11 bits per heavy atom. The zero-order valence-electron chi connectivity index (χ0n) is 15.3. The van der Waals surface area contributed by atoms with Crippen LogP contribution in [-0.2, 0) is 29.7 Å². The topological polar surface area (TPSA) is 118 Å². The largest absolute Gasteiger partial charge is 0.256 e. The smallest absolute Gasteiger partial charge is 0.237 e. The van der Waals surface area contributed by atoms with Gasteiger partial charge in [-0.1, -0.05) is 6.07 Å². The molecule has 0 aromatic heterocycles. The Hall–Kier alpha value is -1.01. The van der Waals surface area contributed by atoms with Crippen LogP contribution in [0.15, 0.2) is 23.1 Å². The third-order valence-electron chi connectivity index (χ3n) is 5.12. The average molecular weight is 437 g/mol. The predicted molar refractivity (Wildman–Crippen MR) is 102 cm³/mol. The van der Waals surface area contributed by atoms with Gasteiger partial charge in [-0.25, -0.2) is 30.7 Å². The number of hydrazine groups is 1. The van der Waals surface area contributed by atoms with Crippen molar-refractivity contribution < 1.29 is 25.3 Å². The minimum atomic E-state index is -4.04. The molecule has 0 saturated carbocycles. The molecular formula is C16H24N2O6S3. The average Bonchev–Trinajstić information content (AvgIpc) is 3.08. The number of sulfonamides is 1. The first-order valence-electron chi connectivity index (χ1n) is 8.68. The summed E-state index contributed by atoms with van der Waals surface area (Å²) < 4.78 is 74.8. The maximum Gasteiger partial charge on any atom is 0.256 e. The van der Waals surface area contributed by atoms with Gasteiger partial charge in [0.2, 0.25) is 0 Å². The summed E-state index contributed by atoms with van der Waals surface area (Å²) >= 11 is 0. The van der Waals surface area contributed by atoms with E-state index in [9.17, 15) is 25.3 Å². The second-order valence-corrected chi connectivity index (χ2v) is 13.6. The van der Waals surface area contributed by atoms with Crippen LogP contribution in [0.25, 0.3) is 0 Å². The van der Waals surface area contributed by atoms with Gasteiger partial charge in [-0.3, -0.25) is 0 Å². The van der Waals surface area contributed by atoms with Crippen LogP contribution in [0.3, 0.4) is 0 Å². The molecule has 0 amide bonds. The molecule has 1 N–H and O–H groups in total. The van der Waals surface area contributed by atoms with E-state index in [-0.39, 0.29) is 34.3 Å². The van der Waals surface area contributed by atoms with Crippen molar-refractivity contribution in [2.24, 2.45) is 0 Å². The highest BCUT2D eigenvalue weighted by molar-refractivity contribution is 7.92. The van der Waals surface area contributed by atoms with E-state index in [1.807, 2.05) is 6.92 Å². The number of nitrogens with zero attached hydrogens (tertiary/aromatic N) is 1. The van der Waals surface area contributed by atoms with Gasteiger partial charge in [-0.2, -0.15) is 0 Å². The van der Waals surface area contributed by atoms with Crippen molar-refractivity contribution in [1.29, 1.82) is 0 Å². The normalized spacial score (nSPS) is 27.2. The fraction of sp³-hybridized carbons (Fsp3) is 0.625. The molecule has 11 heteroatoms. The lowest BCUT2D eigenvalue weighted by Crippen LogP contribution is -2.54. The monoisotopic (exact) mass is 436 g/mol. The van der Waals surface area contributed by atoms with Gasteiger partial charge >= 0.3 is 0 Å². The van der Waals surface area contributed by atoms with Crippen LogP contribution in [0, 0.1) is 13.8 Å². The maximum atomic E-state index is 13.3. The number of benzene rings is 1. The Balaban J connectivity index is 1.96. The van der Waals surface area contributed by atoms with Gasteiger partial charge < -0.3 is 0 Å². The molecule has 2 saturated heterocycles. The number of sulfone groups is 2. The Kier molecular flexibility index (Phi) is 5.45. The fourth-order valence-corrected chi connectivity index (χ4v) is 8.51. The SMILES string of the molecule is Cc1ccc(S(=O)(=O)N(N[C@H]2CCS(=O)(=O)C2)[C@@H]2CCS(=O)(=O)C2)cc1C. The first-order valence-corrected chi connectivity index (χ1v) is 13.8. The summed E-state index contributed by atoms with van der Waals surface area (Å²) in [4.78, 5) is 0.0586. The van der Waals surface area contributed by atoms with E-state index in [0.29, 0.717) is 6.42 Å². The molecular weight excluding hydrogens is 412 g/mol. The summed E-state index contributed by atoms with van der Waals surface area (Å²) in [7, 11) is -10.6. The zero-order chi connectivity index (χ0) is 20.0. The van der Waals surface area contributed by atoms with Crippen molar-refractivity contribution in [3.8, 4) is 0 Å².